The van der Waals surface area contributed by atoms with Crippen molar-refractivity contribution in [2.45, 2.75) is 42.1 Å². The highest BCUT2D eigenvalue weighted by molar-refractivity contribution is 6.00. The van der Waals surface area contributed by atoms with Crippen LogP contribution in [0.1, 0.15) is 18.4 Å². The molecule has 6 aliphatic rings. The van der Waals surface area contributed by atoms with Crippen molar-refractivity contribution in [1.29, 1.82) is 0 Å². The molecule has 1 amide bonds. The molecule has 1 aliphatic carbocycles. The van der Waals surface area contributed by atoms with Gasteiger partial charge in [-0.05, 0) is 23.6 Å². The molecule has 1 spiro atoms. The third-order valence-corrected chi connectivity index (χ3v) is 9.44. The van der Waals surface area contributed by atoms with E-state index in [4.69, 9.17) is 14.2 Å². The molecule has 6 atom stereocenters. The van der Waals surface area contributed by atoms with E-state index in [1.54, 1.807) is 23.1 Å². The first-order valence-corrected chi connectivity index (χ1v) is 11.7. The zero-order chi connectivity index (χ0) is 24.4. The number of hydrogen-bond acceptors (Lipinski definition) is 9. The first-order valence-electron chi connectivity index (χ1n) is 11.7. The maximum atomic E-state index is 13.6. The van der Waals surface area contributed by atoms with Crippen LogP contribution >= 0.6 is 0 Å². The molecule has 12 heteroatoms. The number of anilines is 1. The predicted molar refractivity (Wildman–Crippen MR) is 119 cm³/mol. The van der Waals surface area contributed by atoms with Crippen LogP contribution in [0.4, 0.5) is 5.69 Å². The summed E-state index contributed by atoms with van der Waals surface area (Å²) in [6, 6.07) is 2.00. The number of amides is 1. The zero-order valence-electron chi connectivity index (χ0n) is 19.2. The van der Waals surface area contributed by atoms with Crippen LogP contribution in [-0.2, 0) is 14.9 Å². The first-order chi connectivity index (χ1) is 16.8. The number of ether oxygens (including phenoxy) is 3. The number of piperidine rings is 2. The normalized spacial score (nSPS) is 37.3. The zero-order valence-corrected chi connectivity index (χ0v) is 19.2. The minimum Gasteiger partial charge on any atom is -0.493 e. The van der Waals surface area contributed by atoms with Crippen molar-refractivity contribution in [1.82, 2.24) is 4.90 Å². The molecule has 0 radical (unpaired) electrons. The van der Waals surface area contributed by atoms with Gasteiger partial charge in [0.2, 0.25) is 5.91 Å². The minimum atomic E-state index is -2.45. The van der Waals surface area contributed by atoms with Crippen molar-refractivity contribution < 1.29 is 28.9 Å². The Balaban J connectivity index is 1.61. The lowest BCUT2D eigenvalue weighted by Crippen LogP contribution is -2.82. The third-order valence-electron chi connectivity index (χ3n) is 9.44. The van der Waals surface area contributed by atoms with Crippen molar-refractivity contribution in [3.8, 4) is 11.5 Å². The Morgan fingerprint density at radius 1 is 1.14 bits per heavy atom. The maximum Gasteiger partial charge on any atom is 0.481 e. The summed E-state index contributed by atoms with van der Waals surface area (Å²) in [7, 11) is 3.00. The summed E-state index contributed by atoms with van der Waals surface area (Å²) in [6.45, 7) is 1.07. The molecule has 0 aromatic heterocycles. The monoisotopic (exact) mass is 484 g/mol. The van der Waals surface area contributed by atoms with Gasteiger partial charge in [-0.1, -0.05) is 6.08 Å². The van der Waals surface area contributed by atoms with Crippen LogP contribution in [-0.4, -0.2) is 78.4 Å². The van der Waals surface area contributed by atoms with E-state index in [-0.39, 0.29) is 18.9 Å². The number of benzene rings is 1. The van der Waals surface area contributed by atoms with E-state index < -0.39 is 50.9 Å². The van der Waals surface area contributed by atoms with Crippen molar-refractivity contribution >= 4 is 11.6 Å². The molecule has 0 N–H and O–H groups in total. The first kappa shape index (κ1) is 21.1. The van der Waals surface area contributed by atoms with E-state index in [0.717, 1.165) is 0 Å². The number of carbonyl (C=O) groups is 1. The summed E-state index contributed by atoms with van der Waals surface area (Å²) in [5.74, 6) is -0.839. The summed E-state index contributed by atoms with van der Waals surface area (Å²) in [6.07, 6.45) is 1.61. The Hall–Kier alpha value is -3.25. The number of nitro groups is 2. The van der Waals surface area contributed by atoms with Gasteiger partial charge >= 0.3 is 5.66 Å². The Labute approximate surface area is 199 Å². The molecule has 0 unspecified atom stereocenters. The molecule has 5 aliphatic heterocycles. The molecule has 1 aromatic rings. The van der Waals surface area contributed by atoms with Gasteiger partial charge < -0.3 is 19.1 Å². The molecule has 2 bridgehead atoms. The summed E-state index contributed by atoms with van der Waals surface area (Å²) in [5.41, 5.74) is -1.50. The lowest BCUT2D eigenvalue weighted by atomic mass is 9.49. The van der Waals surface area contributed by atoms with Crippen molar-refractivity contribution in [2.75, 3.05) is 38.8 Å². The van der Waals surface area contributed by atoms with E-state index in [0.29, 0.717) is 47.8 Å². The van der Waals surface area contributed by atoms with Crippen molar-refractivity contribution in [3.05, 3.63) is 49.6 Å². The molecule has 7 rings (SSSR count). The molecular formula is C23H24N4O8. The fourth-order valence-corrected chi connectivity index (χ4v) is 8.56. The van der Waals surface area contributed by atoms with Gasteiger partial charge in [-0.25, -0.2) is 0 Å². The number of rotatable bonds is 4. The van der Waals surface area contributed by atoms with Crippen LogP contribution in [0.5, 0.6) is 11.5 Å². The summed E-state index contributed by atoms with van der Waals surface area (Å²) in [5, 5.41) is 25.9. The summed E-state index contributed by atoms with van der Waals surface area (Å²) >= 11 is 0. The molecule has 5 heterocycles. The second-order valence-electron chi connectivity index (χ2n) is 10.3. The molecule has 3 saturated heterocycles. The van der Waals surface area contributed by atoms with Crippen molar-refractivity contribution in [2.24, 2.45) is 11.8 Å². The second-order valence-corrected chi connectivity index (χ2v) is 10.3. The highest BCUT2D eigenvalue weighted by Crippen LogP contribution is 2.69. The second kappa shape index (κ2) is 6.49. The fourth-order valence-electron chi connectivity index (χ4n) is 8.56. The van der Waals surface area contributed by atoms with Crippen LogP contribution in [0.15, 0.2) is 23.8 Å². The van der Waals surface area contributed by atoms with Gasteiger partial charge in [0.25, 0.3) is 0 Å². The van der Waals surface area contributed by atoms with E-state index >= 15 is 0 Å². The van der Waals surface area contributed by atoms with Gasteiger partial charge in [-0.15, -0.1) is 0 Å². The molecular weight excluding hydrogens is 460 g/mol. The highest BCUT2D eigenvalue weighted by atomic mass is 16.7. The molecule has 1 saturated carbocycles. The van der Waals surface area contributed by atoms with E-state index in [1.165, 1.54) is 14.2 Å². The number of fused-ring (bicyclic) bond motifs is 2. The molecule has 184 valence electrons. The van der Waals surface area contributed by atoms with E-state index in [9.17, 15) is 25.0 Å². The average Bonchev–Trinajstić information content (AvgIpc) is 3.29. The van der Waals surface area contributed by atoms with Gasteiger partial charge in [0, 0.05) is 25.1 Å². The van der Waals surface area contributed by atoms with Gasteiger partial charge in [-0.2, -0.15) is 0 Å². The Bertz CT molecular complexity index is 1230. The number of nitrogens with zero attached hydrogens (tertiary/aromatic N) is 4. The lowest BCUT2D eigenvalue weighted by Gasteiger charge is -2.58. The van der Waals surface area contributed by atoms with Crippen molar-refractivity contribution in [3.63, 3.8) is 0 Å². The Morgan fingerprint density at radius 2 is 1.86 bits per heavy atom. The molecule has 4 fully saturated rings. The van der Waals surface area contributed by atoms with Crippen LogP contribution in [0, 0.1) is 32.1 Å². The Morgan fingerprint density at radius 3 is 2.54 bits per heavy atom. The predicted octanol–water partition coefficient (Wildman–Crippen LogP) is 0.969. The van der Waals surface area contributed by atoms with Gasteiger partial charge in [0.1, 0.15) is 15.8 Å². The lowest BCUT2D eigenvalue weighted by molar-refractivity contribution is -0.818. The third kappa shape index (κ3) is 2.07. The topological polar surface area (TPSA) is 138 Å². The van der Waals surface area contributed by atoms with Crippen LogP contribution in [0.25, 0.3) is 0 Å². The van der Waals surface area contributed by atoms with Gasteiger partial charge in [0.05, 0.1) is 50.5 Å². The van der Waals surface area contributed by atoms with Gasteiger partial charge in [0.15, 0.2) is 17.5 Å². The standard InChI is InChI=1S/C23H24N4O8/c1-33-14-7-12-13(8-15(14)34-2)25-17(28)9-16-18-19-11(3-6-35-16)10-24-5-4-22(12,20(18)25)21(24)23(19,26(29)30)27(31)32/h3,7-8,16,18-21H,4-6,9-10H2,1-2H3/t16-,18+,19-,20-,21+,22-/m0/s1. The average molecular weight is 484 g/mol. The summed E-state index contributed by atoms with van der Waals surface area (Å²) in [4.78, 5) is 41.8. The SMILES string of the molecule is COc1cc2c(cc1OC)[C@@]13CCN4CC5=CCO[C@H]6CC(=O)N2[C@H]1[C@H]6[C@H]5C([N+](=O)[O-])([N+](=O)[O-])[C@H]43. The number of hydrogen-bond donors (Lipinski definition) is 0. The number of methoxy groups -OCH3 is 2. The summed E-state index contributed by atoms with van der Waals surface area (Å²) < 4.78 is 17.2. The number of carbonyl (C=O) groups excluding carboxylic acids is 1. The quantitative estimate of drug-likeness (QED) is 0.265. The van der Waals surface area contributed by atoms with E-state index in [2.05, 4.69) is 0 Å². The smallest absolute Gasteiger partial charge is 0.481 e. The van der Waals surface area contributed by atoms with Gasteiger partial charge in [-0.3, -0.25) is 29.9 Å². The minimum absolute atomic E-state index is 0.0164. The van der Waals surface area contributed by atoms with Crippen LogP contribution < -0.4 is 14.4 Å². The largest absolute Gasteiger partial charge is 0.493 e. The van der Waals surface area contributed by atoms with Crippen LogP contribution in [0.2, 0.25) is 0 Å². The van der Waals surface area contributed by atoms with E-state index in [1.807, 2.05) is 4.90 Å². The maximum absolute atomic E-state index is 13.6. The fraction of sp³-hybridized carbons (Fsp3) is 0.609. The van der Waals surface area contributed by atoms with Crippen LogP contribution in [0.3, 0.4) is 0 Å². The molecule has 1 aromatic carbocycles. The Kier molecular flexibility index (Phi) is 3.91. The molecule has 12 nitrogen and oxygen atoms in total. The molecule has 35 heavy (non-hydrogen) atoms. The highest BCUT2D eigenvalue weighted by Gasteiger charge is 2.88.